The lowest BCUT2D eigenvalue weighted by molar-refractivity contribution is -0.137. The highest BCUT2D eigenvalue weighted by atomic mass is 35.5. The van der Waals surface area contributed by atoms with Crippen LogP contribution in [0.3, 0.4) is 0 Å². The molecule has 2 nitrogen and oxygen atoms in total. The smallest absolute Gasteiger partial charge is 0.417 e. The third kappa shape index (κ3) is 2.04. The Morgan fingerprint density at radius 2 is 1.88 bits per heavy atom. The molecule has 0 aliphatic rings. The summed E-state index contributed by atoms with van der Waals surface area (Å²) in [6.45, 7) is 0. The molecule has 0 N–H and O–H groups in total. The van der Waals surface area contributed by atoms with Crippen molar-refractivity contribution in [2.75, 3.05) is 0 Å². The van der Waals surface area contributed by atoms with Crippen molar-refractivity contribution in [2.45, 2.75) is 6.18 Å². The van der Waals surface area contributed by atoms with Crippen LogP contribution in [-0.2, 0) is 6.18 Å². The Hall–Kier alpha value is -1.49. The highest BCUT2D eigenvalue weighted by Gasteiger charge is 2.34. The molecule has 1 aromatic carbocycles. The molecule has 0 bridgehead atoms. The van der Waals surface area contributed by atoms with Crippen LogP contribution in [0.15, 0.2) is 34.9 Å². The highest BCUT2D eigenvalue weighted by molar-refractivity contribution is 6.28. The molecule has 0 radical (unpaired) electrons. The van der Waals surface area contributed by atoms with Gasteiger partial charge in [0, 0.05) is 5.56 Å². The quantitative estimate of drug-likeness (QED) is 0.761. The maximum atomic E-state index is 12.6. The van der Waals surface area contributed by atoms with Crippen molar-refractivity contribution in [1.29, 1.82) is 0 Å². The molecule has 0 amide bonds. The van der Waals surface area contributed by atoms with Crippen LogP contribution in [0.2, 0.25) is 5.22 Å². The molecule has 0 aliphatic carbocycles. The largest absolute Gasteiger partial charge is 0.425 e. The number of rotatable bonds is 1. The summed E-state index contributed by atoms with van der Waals surface area (Å²) in [5, 5.41) is -0.0491. The number of benzene rings is 1. The van der Waals surface area contributed by atoms with E-state index < -0.39 is 11.7 Å². The molecule has 1 aromatic heterocycles. The van der Waals surface area contributed by atoms with Gasteiger partial charge in [0.05, 0.1) is 11.8 Å². The van der Waals surface area contributed by atoms with Crippen LogP contribution in [0.4, 0.5) is 13.2 Å². The first-order chi connectivity index (χ1) is 7.48. The van der Waals surface area contributed by atoms with Crippen LogP contribution >= 0.6 is 11.6 Å². The topological polar surface area (TPSA) is 26.0 Å². The molecule has 2 rings (SSSR count). The summed E-state index contributed by atoms with van der Waals surface area (Å²) >= 11 is 5.47. The fraction of sp³-hybridized carbons (Fsp3) is 0.100. The van der Waals surface area contributed by atoms with E-state index in [4.69, 9.17) is 16.0 Å². The van der Waals surface area contributed by atoms with Gasteiger partial charge in [0.2, 0.25) is 11.1 Å². The number of aromatic nitrogens is 1. The first-order valence-electron chi connectivity index (χ1n) is 4.26. The number of oxazole rings is 1. The summed E-state index contributed by atoms with van der Waals surface area (Å²) in [7, 11) is 0. The second-order valence-corrected chi connectivity index (χ2v) is 3.39. The zero-order valence-corrected chi connectivity index (χ0v) is 8.51. The molecule has 84 valence electrons. The third-order valence-electron chi connectivity index (χ3n) is 1.94. The van der Waals surface area contributed by atoms with E-state index in [1.807, 2.05) is 0 Å². The number of hydrogen-bond donors (Lipinski definition) is 0. The van der Waals surface area contributed by atoms with Gasteiger partial charge in [-0.1, -0.05) is 12.1 Å². The van der Waals surface area contributed by atoms with E-state index in [9.17, 15) is 13.2 Å². The maximum absolute atomic E-state index is 12.6. The molecular weight excluding hydrogens is 243 g/mol. The second-order valence-electron chi connectivity index (χ2n) is 3.01. The van der Waals surface area contributed by atoms with Gasteiger partial charge in [-0.2, -0.15) is 13.2 Å². The molecule has 0 aliphatic heterocycles. The molecule has 2 aromatic rings. The predicted octanol–water partition coefficient (Wildman–Crippen LogP) is 4.01. The lowest BCUT2D eigenvalue weighted by atomic mass is 10.1. The first-order valence-corrected chi connectivity index (χ1v) is 4.64. The van der Waals surface area contributed by atoms with Crippen molar-refractivity contribution in [2.24, 2.45) is 0 Å². The summed E-state index contributed by atoms with van der Waals surface area (Å²) < 4.78 is 42.8. The summed E-state index contributed by atoms with van der Waals surface area (Å²) in [4.78, 5) is 3.66. The van der Waals surface area contributed by atoms with E-state index in [0.29, 0.717) is 0 Å². The molecule has 6 heteroatoms. The van der Waals surface area contributed by atoms with Crippen molar-refractivity contribution in [3.8, 4) is 11.5 Å². The van der Waals surface area contributed by atoms with Crippen LogP contribution in [0.1, 0.15) is 5.56 Å². The summed E-state index contributed by atoms with van der Waals surface area (Å²) in [5.74, 6) is -0.141. The minimum absolute atomic E-state index is 0.0491. The third-order valence-corrected chi connectivity index (χ3v) is 2.12. The molecule has 0 saturated heterocycles. The van der Waals surface area contributed by atoms with Gasteiger partial charge in [-0.15, -0.1) is 0 Å². The zero-order chi connectivity index (χ0) is 11.8. The van der Waals surface area contributed by atoms with Crippen molar-refractivity contribution in [1.82, 2.24) is 4.98 Å². The normalized spacial score (nSPS) is 11.8. The lowest BCUT2D eigenvalue weighted by Crippen LogP contribution is -2.06. The molecular formula is C10H5ClF3NO. The monoisotopic (exact) mass is 247 g/mol. The van der Waals surface area contributed by atoms with Crippen LogP contribution in [0, 0.1) is 0 Å². The fourth-order valence-electron chi connectivity index (χ4n) is 1.30. The predicted molar refractivity (Wildman–Crippen MR) is 52.0 cm³/mol. The zero-order valence-electron chi connectivity index (χ0n) is 7.75. The molecule has 0 fully saturated rings. The van der Waals surface area contributed by atoms with Crippen LogP contribution < -0.4 is 0 Å². The molecule has 1 heterocycles. The van der Waals surface area contributed by atoms with Crippen molar-refractivity contribution in [3.63, 3.8) is 0 Å². The lowest BCUT2D eigenvalue weighted by Gasteiger charge is -2.09. The summed E-state index contributed by atoms with van der Waals surface area (Å²) in [6, 6.07) is 5.03. The van der Waals surface area contributed by atoms with Gasteiger partial charge in [-0.3, -0.25) is 0 Å². The Labute approximate surface area is 93.7 Å². The SMILES string of the molecule is FC(F)(F)c1ccccc1-c1ncc(Cl)o1. The average molecular weight is 248 g/mol. The molecule has 0 spiro atoms. The highest BCUT2D eigenvalue weighted by Crippen LogP contribution is 2.36. The van der Waals surface area contributed by atoms with Crippen LogP contribution in [0.5, 0.6) is 0 Å². The van der Waals surface area contributed by atoms with E-state index in [-0.39, 0.29) is 16.7 Å². The number of halogens is 4. The molecule has 0 saturated carbocycles. The van der Waals surface area contributed by atoms with Crippen LogP contribution in [0.25, 0.3) is 11.5 Å². The van der Waals surface area contributed by atoms with E-state index in [1.54, 1.807) is 0 Å². The Morgan fingerprint density at radius 1 is 1.19 bits per heavy atom. The Balaban J connectivity index is 2.57. The average Bonchev–Trinajstić information content (AvgIpc) is 2.64. The van der Waals surface area contributed by atoms with E-state index in [1.165, 1.54) is 18.2 Å². The Kier molecular flexibility index (Phi) is 2.63. The standard InChI is InChI=1S/C10H5ClF3NO/c11-8-5-15-9(16-8)6-3-1-2-4-7(6)10(12,13)14/h1-5H. The maximum Gasteiger partial charge on any atom is 0.417 e. The Morgan fingerprint density at radius 3 is 2.44 bits per heavy atom. The van der Waals surface area contributed by atoms with Gasteiger partial charge in [0.25, 0.3) is 0 Å². The minimum atomic E-state index is -4.45. The van der Waals surface area contributed by atoms with Gasteiger partial charge < -0.3 is 4.42 Å². The summed E-state index contributed by atoms with van der Waals surface area (Å²) in [5.41, 5.74) is -0.921. The van der Waals surface area contributed by atoms with E-state index in [0.717, 1.165) is 12.3 Å². The van der Waals surface area contributed by atoms with Crippen molar-refractivity contribution >= 4 is 11.6 Å². The van der Waals surface area contributed by atoms with Gasteiger partial charge >= 0.3 is 6.18 Å². The number of alkyl halides is 3. The van der Waals surface area contributed by atoms with Crippen molar-refractivity contribution in [3.05, 3.63) is 41.2 Å². The number of nitrogens with zero attached hydrogens (tertiary/aromatic N) is 1. The Bertz CT molecular complexity index is 507. The first kappa shape index (κ1) is 11.0. The van der Waals surface area contributed by atoms with Gasteiger partial charge in [-0.25, -0.2) is 4.98 Å². The van der Waals surface area contributed by atoms with Gasteiger partial charge in [0.15, 0.2) is 0 Å². The van der Waals surface area contributed by atoms with E-state index >= 15 is 0 Å². The van der Waals surface area contributed by atoms with Gasteiger partial charge in [0.1, 0.15) is 0 Å². The molecule has 16 heavy (non-hydrogen) atoms. The summed E-state index contributed by atoms with van der Waals surface area (Å²) in [6.07, 6.45) is -3.29. The molecule has 0 unspecified atom stereocenters. The van der Waals surface area contributed by atoms with Crippen LogP contribution in [-0.4, -0.2) is 4.98 Å². The fourth-order valence-corrected chi connectivity index (χ4v) is 1.42. The van der Waals surface area contributed by atoms with Crippen molar-refractivity contribution < 1.29 is 17.6 Å². The minimum Gasteiger partial charge on any atom is -0.425 e. The van der Waals surface area contributed by atoms with Gasteiger partial charge in [-0.05, 0) is 23.7 Å². The number of hydrogen-bond acceptors (Lipinski definition) is 2. The molecule has 0 atom stereocenters. The second kappa shape index (κ2) is 3.83. The van der Waals surface area contributed by atoms with E-state index in [2.05, 4.69) is 4.98 Å².